The lowest BCUT2D eigenvalue weighted by molar-refractivity contribution is 0.332. The predicted octanol–water partition coefficient (Wildman–Crippen LogP) is 3.51. The van der Waals surface area contributed by atoms with Crippen molar-refractivity contribution in [3.05, 3.63) is 41.7 Å². The van der Waals surface area contributed by atoms with Crippen LogP contribution >= 0.6 is 0 Å². The molecule has 1 fully saturated rings. The first kappa shape index (κ1) is 13.8. The molecule has 2 aliphatic carbocycles. The van der Waals surface area contributed by atoms with Crippen molar-refractivity contribution in [3.8, 4) is 5.88 Å². The van der Waals surface area contributed by atoms with E-state index in [1.54, 1.807) is 19.4 Å². The minimum atomic E-state index is -0.0714. The van der Waals surface area contributed by atoms with E-state index in [-0.39, 0.29) is 5.41 Å². The Kier molecular flexibility index (Phi) is 3.48. The standard InChI is InChI=1S/C17H18N2O2/c1-17-8-3-4-13(17)5-6-14(16(17)19-11-20)12-7-9-18-15(10-12)21-2/h5-7,9-10,13H,3-4,8H2,1-2H3. The topological polar surface area (TPSA) is 51.5 Å². The second kappa shape index (κ2) is 5.30. The summed E-state index contributed by atoms with van der Waals surface area (Å²) >= 11 is 0. The van der Waals surface area contributed by atoms with Gasteiger partial charge < -0.3 is 4.74 Å². The van der Waals surface area contributed by atoms with Crippen LogP contribution in [0.4, 0.5) is 0 Å². The van der Waals surface area contributed by atoms with E-state index < -0.39 is 0 Å². The summed E-state index contributed by atoms with van der Waals surface area (Å²) in [5.74, 6) is 1.01. The molecule has 2 aliphatic rings. The van der Waals surface area contributed by atoms with Crippen LogP contribution < -0.4 is 4.74 Å². The quantitative estimate of drug-likeness (QED) is 0.629. The number of isocyanates is 1. The number of allylic oxidation sites excluding steroid dienone is 4. The average molecular weight is 282 g/mol. The zero-order valence-electron chi connectivity index (χ0n) is 12.3. The highest BCUT2D eigenvalue weighted by atomic mass is 16.5. The molecule has 0 aliphatic heterocycles. The Hall–Kier alpha value is -2.19. The molecule has 0 spiro atoms. The molecule has 1 aromatic heterocycles. The van der Waals surface area contributed by atoms with Crippen LogP contribution in [-0.4, -0.2) is 18.2 Å². The Bertz CT molecular complexity index is 671. The summed E-state index contributed by atoms with van der Waals surface area (Å²) < 4.78 is 5.19. The number of pyridine rings is 1. The maximum Gasteiger partial charge on any atom is 0.240 e. The maximum atomic E-state index is 10.9. The Labute approximate surface area is 124 Å². The van der Waals surface area contributed by atoms with Gasteiger partial charge >= 0.3 is 0 Å². The van der Waals surface area contributed by atoms with Crippen LogP contribution in [0.15, 0.2) is 41.2 Å². The van der Waals surface area contributed by atoms with Gasteiger partial charge in [-0.1, -0.05) is 25.5 Å². The lowest BCUT2D eigenvalue weighted by Crippen LogP contribution is -2.25. The zero-order chi connectivity index (χ0) is 14.9. The molecule has 21 heavy (non-hydrogen) atoms. The third-order valence-electron chi connectivity index (χ3n) is 4.73. The number of hydrogen-bond acceptors (Lipinski definition) is 4. The summed E-state index contributed by atoms with van der Waals surface area (Å²) in [6.07, 6.45) is 11.1. The summed E-state index contributed by atoms with van der Waals surface area (Å²) in [6, 6.07) is 3.79. The Morgan fingerprint density at radius 3 is 3.14 bits per heavy atom. The van der Waals surface area contributed by atoms with E-state index in [1.165, 1.54) is 0 Å². The van der Waals surface area contributed by atoms with Crippen molar-refractivity contribution in [2.75, 3.05) is 7.11 Å². The molecule has 0 amide bonds. The summed E-state index contributed by atoms with van der Waals surface area (Å²) in [4.78, 5) is 19.1. The van der Waals surface area contributed by atoms with Gasteiger partial charge in [0.2, 0.25) is 12.0 Å². The van der Waals surface area contributed by atoms with E-state index >= 15 is 0 Å². The maximum absolute atomic E-state index is 10.9. The predicted molar refractivity (Wildman–Crippen MR) is 80.4 cm³/mol. The molecule has 0 saturated heterocycles. The van der Waals surface area contributed by atoms with E-state index in [0.717, 1.165) is 36.1 Å². The number of hydrogen-bond donors (Lipinski definition) is 0. The molecule has 3 rings (SSSR count). The van der Waals surface area contributed by atoms with E-state index in [4.69, 9.17) is 4.74 Å². The minimum absolute atomic E-state index is 0.0714. The molecule has 2 unspecified atom stereocenters. The summed E-state index contributed by atoms with van der Waals surface area (Å²) in [5, 5.41) is 0. The first-order valence-corrected chi connectivity index (χ1v) is 7.20. The van der Waals surface area contributed by atoms with Crippen molar-refractivity contribution in [1.29, 1.82) is 0 Å². The molecule has 1 saturated carbocycles. The lowest BCUT2D eigenvalue weighted by atomic mass is 9.71. The van der Waals surface area contributed by atoms with Gasteiger partial charge in [-0.25, -0.2) is 9.78 Å². The van der Waals surface area contributed by atoms with Gasteiger partial charge in [0.15, 0.2) is 0 Å². The second-order valence-corrected chi connectivity index (χ2v) is 5.83. The molecule has 4 heteroatoms. The molecule has 0 radical (unpaired) electrons. The fourth-order valence-electron chi connectivity index (χ4n) is 3.55. The molecule has 0 aromatic carbocycles. The number of aliphatic imine (C=N–C) groups is 1. The third kappa shape index (κ3) is 2.22. The highest BCUT2D eigenvalue weighted by Crippen LogP contribution is 2.54. The first-order chi connectivity index (χ1) is 10.2. The van der Waals surface area contributed by atoms with Crippen LogP contribution in [0.25, 0.3) is 5.57 Å². The largest absolute Gasteiger partial charge is 0.481 e. The van der Waals surface area contributed by atoms with Crippen LogP contribution in [-0.2, 0) is 4.79 Å². The fraction of sp³-hybridized carbons (Fsp3) is 0.412. The second-order valence-electron chi connectivity index (χ2n) is 5.83. The van der Waals surface area contributed by atoms with Gasteiger partial charge in [-0.3, -0.25) is 0 Å². The van der Waals surface area contributed by atoms with Gasteiger partial charge in [-0.15, -0.1) is 0 Å². The average Bonchev–Trinajstić information content (AvgIpc) is 2.90. The minimum Gasteiger partial charge on any atom is -0.481 e. The number of aromatic nitrogens is 1. The third-order valence-corrected chi connectivity index (χ3v) is 4.73. The monoisotopic (exact) mass is 282 g/mol. The van der Waals surface area contributed by atoms with E-state index in [0.29, 0.717) is 11.8 Å². The molecular formula is C17H18N2O2. The Morgan fingerprint density at radius 1 is 1.52 bits per heavy atom. The van der Waals surface area contributed by atoms with Crippen LogP contribution in [0.2, 0.25) is 0 Å². The van der Waals surface area contributed by atoms with Crippen molar-refractivity contribution >= 4 is 11.7 Å². The SMILES string of the molecule is COc1cc(C2=C(N=C=O)C3(C)CCCC3C=C2)ccn1. The van der Waals surface area contributed by atoms with Gasteiger partial charge in [0.25, 0.3) is 0 Å². The van der Waals surface area contributed by atoms with Gasteiger partial charge in [-0.2, -0.15) is 4.99 Å². The number of nitrogens with zero attached hydrogens (tertiary/aromatic N) is 2. The molecule has 0 N–H and O–H groups in total. The van der Waals surface area contributed by atoms with Gasteiger partial charge in [0.05, 0.1) is 12.8 Å². The molecule has 2 atom stereocenters. The zero-order valence-corrected chi connectivity index (χ0v) is 12.3. The van der Waals surface area contributed by atoms with Crippen molar-refractivity contribution in [2.45, 2.75) is 26.2 Å². The van der Waals surface area contributed by atoms with Crippen LogP contribution in [0.5, 0.6) is 5.88 Å². The van der Waals surface area contributed by atoms with Crippen LogP contribution in [0.3, 0.4) is 0 Å². The molecule has 108 valence electrons. The van der Waals surface area contributed by atoms with E-state index in [2.05, 4.69) is 29.1 Å². The Balaban J connectivity index is 2.17. The first-order valence-electron chi connectivity index (χ1n) is 7.20. The van der Waals surface area contributed by atoms with Crippen molar-refractivity contribution in [1.82, 2.24) is 4.98 Å². The van der Waals surface area contributed by atoms with E-state index in [9.17, 15) is 4.79 Å². The Morgan fingerprint density at radius 2 is 2.38 bits per heavy atom. The molecular weight excluding hydrogens is 264 g/mol. The summed E-state index contributed by atoms with van der Waals surface area (Å²) in [7, 11) is 1.59. The van der Waals surface area contributed by atoms with Crippen molar-refractivity contribution in [3.63, 3.8) is 0 Å². The molecule has 0 bridgehead atoms. The number of fused-ring (bicyclic) bond motifs is 1. The normalized spacial score (nSPS) is 27.2. The molecule has 4 nitrogen and oxygen atoms in total. The van der Waals surface area contributed by atoms with Crippen molar-refractivity contribution < 1.29 is 9.53 Å². The number of methoxy groups -OCH3 is 1. The number of ether oxygens (including phenoxy) is 1. The molecule has 1 heterocycles. The fourth-order valence-corrected chi connectivity index (χ4v) is 3.55. The van der Waals surface area contributed by atoms with Crippen LogP contribution in [0.1, 0.15) is 31.7 Å². The van der Waals surface area contributed by atoms with Gasteiger partial charge in [-0.05, 0) is 30.4 Å². The summed E-state index contributed by atoms with van der Waals surface area (Å²) in [5.41, 5.74) is 2.71. The van der Waals surface area contributed by atoms with Gasteiger partial charge in [0, 0.05) is 23.3 Å². The molecule has 1 aromatic rings. The highest BCUT2D eigenvalue weighted by Gasteiger charge is 2.43. The van der Waals surface area contributed by atoms with Crippen molar-refractivity contribution in [2.24, 2.45) is 16.3 Å². The van der Waals surface area contributed by atoms with E-state index in [1.807, 2.05) is 12.1 Å². The lowest BCUT2D eigenvalue weighted by Gasteiger charge is -2.34. The smallest absolute Gasteiger partial charge is 0.240 e. The number of carbonyl (C=O) groups excluding carboxylic acids is 1. The van der Waals surface area contributed by atoms with Gasteiger partial charge in [0.1, 0.15) is 0 Å². The number of rotatable bonds is 3. The highest BCUT2D eigenvalue weighted by molar-refractivity contribution is 5.80. The summed E-state index contributed by atoms with van der Waals surface area (Å²) in [6.45, 7) is 2.20. The van der Waals surface area contributed by atoms with Crippen LogP contribution in [0, 0.1) is 11.3 Å².